The number of ether oxygens (including phenoxy) is 1. The summed E-state index contributed by atoms with van der Waals surface area (Å²) in [4.78, 5) is 0. The lowest BCUT2D eigenvalue weighted by Crippen LogP contribution is -2.42. The Morgan fingerprint density at radius 1 is 1.12 bits per heavy atom. The number of nitriles is 3. The number of benzene rings is 1. The summed E-state index contributed by atoms with van der Waals surface area (Å²) in [6.07, 6.45) is 3.58. The largest absolute Gasteiger partial charge is 0.435 e. The number of alkyl halides is 2. The molecule has 1 saturated carbocycles. The third-order valence-corrected chi connectivity index (χ3v) is 4.87. The van der Waals surface area contributed by atoms with E-state index in [1.165, 1.54) is 24.3 Å². The van der Waals surface area contributed by atoms with Crippen LogP contribution in [0.3, 0.4) is 0 Å². The first-order valence-electron chi connectivity index (χ1n) is 8.04. The number of nitrogens with zero attached hydrogens (tertiary/aromatic N) is 3. The number of hydrogen-bond donors (Lipinski definition) is 1. The van der Waals surface area contributed by atoms with Crippen LogP contribution in [-0.4, -0.2) is 12.3 Å². The van der Waals surface area contributed by atoms with Crippen molar-refractivity contribution in [2.24, 2.45) is 17.3 Å². The Morgan fingerprint density at radius 2 is 1.73 bits per heavy atom. The lowest BCUT2D eigenvalue weighted by Gasteiger charge is -2.36. The van der Waals surface area contributed by atoms with E-state index >= 15 is 0 Å². The molecule has 26 heavy (non-hydrogen) atoms. The average molecular weight is 352 g/mol. The van der Waals surface area contributed by atoms with Gasteiger partial charge in [-0.25, -0.2) is 0 Å². The van der Waals surface area contributed by atoms with E-state index in [1.54, 1.807) is 6.08 Å². The van der Waals surface area contributed by atoms with E-state index in [0.29, 0.717) is 5.56 Å². The predicted octanol–water partition coefficient (Wildman–Crippen LogP) is 3.91. The second kappa shape index (κ2) is 6.58. The molecule has 1 N–H and O–H groups in total. The van der Waals surface area contributed by atoms with Crippen LogP contribution in [0.1, 0.15) is 24.3 Å². The summed E-state index contributed by atoms with van der Waals surface area (Å²) >= 11 is 0. The van der Waals surface area contributed by atoms with Crippen molar-refractivity contribution in [3.05, 3.63) is 41.5 Å². The zero-order chi connectivity index (χ0) is 18.9. The van der Waals surface area contributed by atoms with Gasteiger partial charge in [0.2, 0.25) is 0 Å². The second-order valence-electron chi connectivity index (χ2n) is 6.37. The fraction of sp³-hybridized carbons (Fsp3) is 0.368. The van der Waals surface area contributed by atoms with Crippen molar-refractivity contribution in [2.45, 2.75) is 25.4 Å². The van der Waals surface area contributed by atoms with Crippen molar-refractivity contribution >= 4 is 5.71 Å². The zero-order valence-electron chi connectivity index (χ0n) is 13.6. The van der Waals surface area contributed by atoms with E-state index in [-0.39, 0.29) is 17.4 Å². The molecule has 1 fully saturated rings. The van der Waals surface area contributed by atoms with Crippen molar-refractivity contribution in [3.8, 4) is 24.0 Å². The van der Waals surface area contributed by atoms with E-state index in [0.717, 1.165) is 18.4 Å². The molecule has 0 spiro atoms. The maximum Gasteiger partial charge on any atom is 0.387 e. The summed E-state index contributed by atoms with van der Waals surface area (Å²) in [6, 6.07) is 11.6. The van der Waals surface area contributed by atoms with Gasteiger partial charge in [0.05, 0.1) is 23.9 Å². The average Bonchev–Trinajstić information content (AvgIpc) is 3.46. The highest BCUT2D eigenvalue weighted by molar-refractivity contribution is 6.01. The number of hydrogen-bond acceptors (Lipinski definition) is 5. The van der Waals surface area contributed by atoms with Gasteiger partial charge in [-0.2, -0.15) is 24.6 Å². The first kappa shape index (κ1) is 17.6. The van der Waals surface area contributed by atoms with E-state index in [4.69, 9.17) is 5.41 Å². The van der Waals surface area contributed by atoms with Crippen molar-refractivity contribution < 1.29 is 13.5 Å². The molecule has 0 aliphatic heterocycles. The number of allylic oxidation sites excluding steroid dienone is 2. The van der Waals surface area contributed by atoms with E-state index in [2.05, 4.69) is 10.8 Å². The summed E-state index contributed by atoms with van der Waals surface area (Å²) in [6.45, 7) is -2.95. The third-order valence-electron chi connectivity index (χ3n) is 4.87. The molecule has 7 heteroatoms. The topological polar surface area (TPSA) is 104 Å². The van der Waals surface area contributed by atoms with Crippen molar-refractivity contribution in [3.63, 3.8) is 0 Å². The van der Waals surface area contributed by atoms with Gasteiger partial charge in [0.15, 0.2) is 5.41 Å². The molecular weight excluding hydrogens is 338 g/mol. The Bertz CT molecular complexity index is 868. The van der Waals surface area contributed by atoms with Crippen molar-refractivity contribution in [1.82, 2.24) is 0 Å². The predicted molar refractivity (Wildman–Crippen MR) is 87.1 cm³/mol. The molecule has 0 saturated heterocycles. The molecule has 1 aromatic rings. The Balaban J connectivity index is 2.08. The quantitative estimate of drug-likeness (QED) is 0.829. The van der Waals surface area contributed by atoms with Gasteiger partial charge in [-0.1, -0.05) is 18.2 Å². The fourth-order valence-corrected chi connectivity index (χ4v) is 3.39. The summed E-state index contributed by atoms with van der Waals surface area (Å²) in [5.41, 5.74) is -0.706. The summed E-state index contributed by atoms with van der Waals surface area (Å²) in [5.74, 6) is -1.46. The maximum atomic E-state index is 12.3. The van der Waals surface area contributed by atoms with Gasteiger partial charge in [-0.15, -0.1) is 0 Å². The van der Waals surface area contributed by atoms with Gasteiger partial charge >= 0.3 is 6.61 Å². The first-order valence-corrected chi connectivity index (χ1v) is 8.04. The van der Waals surface area contributed by atoms with Gasteiger partial charge < -0.3 is 10.1 Å². The molecule has 0 aromatic heterocycles. The number of rotatable bonds is 4. The maximum absolute atomic E-state index is 12.3. The van der Waals surface area contributed by atoms with Gasteiger partial charge in [0.1, 0.15) is 11.7 Å². The van der Waals surface area contributed by atoms with Crippen LogP contribution in [0.25, 0.3) is 0 Å². The Labute approximate surface area is 149 Å². The lowest BCUT2D eigenvalue weighted by molar-refractivity contribution is -0.0498. The molecule has 3 rings (SSSR count). The smallest absolute Gasteiger partial charge is 0.387 e. The molecule has 1 aromatic carbocycles. The van der Waals surface area contributed by atoms with Crippen LogP contribution in [0.4, 0.5) is 8.78 Å². The minimum absolute atomic E-state index is 0.0320. The minimum Gasteiger partial charge on any atom is -0.435 e. The molecule has 5 nitrogen and oxygen atoms in total. The highest BCUT2D eigenvalue weighted by Crippen LogP contribution is 2.51. The molecule has 0 bridgehead atoms. The van der Waals surface area contributed by atoms with Crippen LogP contribution in [0.2, 0.25) is 0 Å². The number of nitrogens with one attached hydrogen (secondary N) is 1. The second-order valence-corrected chi connectivity index (χ2v) is 6.37. The summed E-state index contributed by atoms with van der Waals surface area (Å²) < 4.78 is 28.9. The monoisotopic (exact) mass is 352 g/mol. The van der Waals surface area contributed by atoms with E-state index < -0.39 is 23.9 Å². The molecular formula is C19H14F2N4O. The number of halogens is 2. The lowest BCUT2D eigenvalue weighted by atomic mass is 9.61. The van der Waals surface area contributed by atoms with Gasteiger partial charge in [0.25, 0.3) is 0 Å². The van der Waals surface area contributed by atoms with Gasteiger partial charge in [-0.05, 0) is 42.0 Å². The Kier molecular flexibility index (Phi) is 4.45. The Morgan fingerprint density at radius 3 is 2.19 bits per heavy atom. The van der Waals surface area contributed by atoms with Crippen LogP contribution in [-0.2, 0) is 0 Å². The highest BCUT2D eigenvalue weighted by Gasteiger charge is 2.52. The van der Waals surface area contributed by atoms with Crippen LogP contribution in [0.15, 0.2) is 35.9 Å². The van der Waals surface area contributed by atoms with Crippen molar-refractivity contribution in [2.75, 3.05) is 0 Å². The summed E-state index contributed by atoms with van der Waals surface area (Å²) in [5, 5.41) is 37.2. The molecule has 0 amide bonds. The van der Waals surface area contributed by atoms with Gasteiger partial charge in [0, 0.05) is 5.92 Å². The molecule has 2 aliphatic carbocycles. The van der Waals surface area contributed by atoms with E-state index in [1.807, 2.05) is 12.1 Å². The minimum atomic E-state index is -2.95. The highest BCUT2D eigenvalue weighted by atomic mass is 19.3. The van der Waals surface area contributed by atoms with Crippen molar-refractivity contribution in [1.29, 1.82) is 21.2 Å². The SMILES string of the molecule is N#C[C@@H]1C(=N)C(C#N)(C#N)[C@@H](c2ccc(OC(F)F)cc2)C=C1C1CC1. The molecule has 130 valence electrons. The molecule has 0 unspecified atom stereocenters. The van der Waals surface area contributed by atoms with Crippen LogP contribution in [0.5, 0.6) is 5.75 Å². The molecule has 0 radical (unpaired) electrons. The summed E-state index contributed by atoms with van der Waals surface area (Å²) in [7, 11) is 0. The van der Waals surface area contributed by atoms with Crippen LogP contribution >= 0.6 is 0 Å². The van der Waals surface area contributed by atoms with Crippen LogP contribution in [0, 0.1) is 56.7 Å². The molecule has 0 heterocycles. The zero-order valence-corrected chi connectivity index (χ0v) is 13.6. The van der Waals surface area contributed by atoms with E-state index in [9.17, 15) is 24.6 Å². The molecule has 2 aliphatic rings. The first-order chi connectivity index (χ1) is 12.5. The normalized spacial score (nSPS) is 24.2. The fourth-order valence-electron chi connectivity index (χ4n) is 3.39. The Hall–Kier alpha value is -3.24. The standard InChI is InChI=1S/C19H14F2N4O/c20-18(21)26-13-5-3-12(4-6-13)16-7-14(11-1-2-11)15(8-22)17(25)19(16,9-23)10-24/h3-7,11,15-16,18,25H,1-2H2/t15-,16+/m0/s1. The van der Waals surface area contributed by atoms with Gasteiger partial charge in [-0.3, -0.25) is 0 Å². The van der Waals surface area contributed by atoms with Crippen LogP contribution < -0.4 is 4.74 Å². The third kappa shape index (κ3) is 2.80. The molecule has 2 atom stereocenters.